The van der Waals surface area contributed by atoms with Crippen LogP contribution in [0.15, 0.2) is 30.6 Å². The molecule has 1 aliphatic heterocycles. The van der Waals surface area contributed by atoms with Gasteiger partial charge < -0.3 is 25.4 Å². The number of carbonyl (C=O) groups is 3. The topological polar surface area (TPSA) is 155 Å². The van der Waals surface area contributed by atoms with E-state index in [1.165, 1.54) is 29.8 Å². The third-order valence-electron chi connectivity index (χ3n) is 7.59. The van der Waals surface area contributed by atoms with Gasteiger partial charge in [-0.3, -0.25) is 19.1 Å². The lowest BCUT2D eigenvalue weighted by molar-refractivity contribution is -0.141. The molecule has 43 heavy (non-hydrogen) atoms. The van der Waals surface area contributed by atoms with Crippen molar-refractivity contribution in [3.63, 3.8) is 0 Å². The molecule has 3 aromatic rings. The predicted octanol–water partition coefficient (Wildman–Crippen LogP) is 2.75. The van der Waals surface area contributed by atoms with E-state index in [1.54, 1.807) is 15.9 Å². The molecule has 1 aromatic carbocycles. The van der Waals surface area contributed by atoms with E-state index in [2.05, 4.69) is 15.4 Å². The van der Waals surface area contributed by atoms with Crippen molar-refractivity contribution in [2.75, 3.05) is 31.5 Å². The summed E-state index contributed by atoms with van der Waals surface area (Å²) in [4.78, 5) is 46.1. The number of nitriles is 1. The minimum absolute atomic E-state index is 0.0290. The normalized spacial score (nSPS) is 18.6. The van der Waals surface area contributed by atoms with Crippen molar-refractivity contribution in [2.24, 2.45) is 18.7 Å². The van der Waals surface area contributed by atoms with E-state index in [0.29, 0.717) is 39.0 Å². The van der Waals surface area contributed by atoms with Gasteiger partial charge in [-0.25, -0.2) is 4.98 Å². The summed E-state index contributed by atoms with van der Waals surface area (Å²) >= 11 is 6.40. The van der Waals surface area contributed by atoms with Crippen molar-refractivity contribution < 1.29 is 27.6 Å². The Morgan fingerprint density at radius 3 is 2.44 bits per heavy atom. The summed E-state index contributed by atoms with van der Waals surface area (Å²) in [5.41, 5.74) is 4.68. The first-order chi connectivity index (χ1) is 20.4. The van der Waals surface area contributed by atoms with Gasteiger partial charge in [-0.2, -0.15) is 23.5 Å². The summed E-state index contributed by atoms with van der Waals surface area (Å²) in [6.07, 6.45) is -1.24. The fraction of sp³-hybridized carbons (Fsp3) is 0.407. The molecule has 5 rings (SSSR count). The van der Waals surface area contributed by atoms with Crippen molar-refractivity contribution >= 4 is 35.0 Å². The van der Waals surface area contributed by atoms with Crippen LogP contribution in [-0.4, -0.2) is 79.1 Å². The van der Waals surface area contributed by atoms with E-state index >= 15 is 0 Å². The number of amides is 3. The van der Waals surface area contributed by atoms with Gasteiger partial charge >= 0.3 is 6.18 Å². The highest BCUT2D eigenvalue weighted by Crippen LogP contribution is 2.36. The lowest BCUT2D eigenvalue weighted by atomic mass is 9.80. The molecule has 0 atom stereocenters. The summed E-state index contributed by atoms with van der Waals surface area (Å²) in [6, 6.07) is 6.15. The molecule has 2 fully saturated rings. The Kier molecular flexibility index (Phi) is 8.17. The minimum Gasteiger partial charge on any atom is -0.339 e. The van der Waals surface area contributed by atoms with Crippen LogP contribution in [0, 0.1) is 17.2 Å². The molecule has 3 N–H and O–H groups in total. The summed E-state index contributed by atoms with van der Waals surface area (Å²) in [5, 5.41) is 15.0. The third kappa shape index (κ3) is 6.06. The first-order valence-electron chi connectivity index (χ1n) is 13.4. The third-order valence-corrected chi connectivity index (χ3v) is 7.90. The molecule has 12 nitrogen and oxygen atoms in total. The Balaban J connectivity index is 1.25. The molecule has 16 heteroatoms. The van der Waals surface area contributed by atoms with Crippen LogP contribution in [-0.2, 0) is 24.6 Å². The van der Waals surface area contributed by atoms with E-state index in [9.17, 15) is 27.6 Å². The molecule has 0 unspecified atom stereocenters. The van der Waals surface area contributed by atoms with E-state index in [4.69, 9.17) is 22.6 Å². The van der Waals surface area contributed by atoms with Crippen LogP contribution in [0.2, 0.25) is 5.02 Å². The maximum Gasteiger partial charge on any atom is 0.435 e. The number of alkyl halides is 3. The lowest BCUT2D eigenvalue weighted by Gasteiger charge is -2.40. The fourth-order valence-electron chi connectivity index (χ4n) is 5.22. The number of aromatic nitrogens is 4. The average molecular weight is 618 g/mol. The molecule has 0 bridgehead atoms. The zero-order chi connectivity index (χ0) is 31.1. The first kappa shape index (κ1) is 30.1. The minimum atomic E-state index is -4.80. The standard InChI is InChI=1S/C27H27ClF3N9O3/c1-37-21(19-14-40(5-4-32)36-22(19)27(29,30)31)13-34-23(37)24(41)35-17-2-3-18(20(28)12-17)26(43)39-8-6-38(7-9-39)25(42)15-10-16(33)11-15/h2-3,12-16H,5-11,33H2,1H3,(H,35,41)/t15-,16-. The number of hydrogen-bond donors (Lipinski definition) is 2. The van der Waals surface area contributed by atoms with E-state index in [0.717, 1.165) is 17.1 Å². The van der Waals surface area contributed by atoms with E-state index in [-0.39, 0.29) is 63.7 Å². The number of nitrogens with one attached hydrogen (secondary N) is 1. The molecule has 2 aromatic heterocycles. The Labute approximate surface area is 248 Å². The van der Waals surface area contributed by atoms with Gasteiger partial charge in [0.1, 0.15) is 6.54 Å². The van der Waals surface area contributed by atoms with Crippen LogP contribution >= 0.6 is 11.6 Å². The number of nitrogens with zero attached hydrogens (tertiary/aromatic N) is 7. The Morgan fingerprint density at radius 1 is 1.16 bits per heavy atom. The van der Waals surface area contributed by atoms with Crippen LogP contribution in [0.4, 0.5) is 18.9 Å². The monoisotopic (exact) mass is 617 g/mol. The van der Waals surface area contributed by atoms with Crippen LogP contribution in [0.3, 0.4) is 0 Å². The molecule has 1 aliphatic carbocycles. The Hall–Kier alpha value is -4.42. The van der Waals surface area contributed by atoms with Crippen molar-refractivity contribution in [2.45, 2.75) is 31.6 Å². The quantitative estimate of drug-likeness (QED) is 0.431. The number of nitrogens with two attached hydrogens (primary N) is 1. The maximum absolute atomic E-state index is 13.6. The molecule has 2 aliphatic rings. The van der Waals surface area contributed by atoms with Crippen LogP contribution < -0.4 is 11.1 Å². The van der Waals surface area contributed by atoms with Crippen LogP contribution in [0.1, 0.15) is 39.5 Å². The Morgan fingerprint density at radius 2 is 1.84 bits per heavy atom. The molecule has 1 saturated heterocycles. The number of benzene rings is 1. The highest BCUT2D eigenvalue weighted by Gasteiger charge is 2.39. The highest BCUT2D eigenvalue weighted by atomic mass is 35.5. The molecule has 0 radical (unpaired) electrons. The molecule has 0 spiro atoms. The highest BCUT2D eigenvalue weighted by molar-refractivity contribution is 6.34. The molecule has 3 amide bonds. The SMILES string of the molecule is Cn1c(-c2cn(CC#N)nc2C(F)(F)F)cnc1C(=O)Nc1ccc(C(=O)N2CCN(C(=O)[C@H]3C[C@H](N)C3)CC2)c(Cl)c1. The summed E-state index contributed by atoms with van der Waals surface area (Å²) < 4.78 is 42.8. The zero-order valence-corrected chi connectivity index (χ0v) is 23.7. The molecular formula is C27H27ClF3N9O3. The Bertz CT molecular complexity index is 1610. The first-order valence-corrected chi connectivity index (χ1v) is 13.7. The largest absolute Gasteiger partial charge is 0.435 e. The fourth-order valence-corrected chi connectivity index (χ4v) is 5.48. The number of halogens is 4. The molecule has 3 heterocycles. The number of rotatable bonds is 6. The average Bonchev–Trinajstić information content (AvgIpc) is 3.54. The molecule has 226 valence electrons. The predicted molar refractivity (Wildman–Crippen MR) is 148 cm³/mol. The summed E-state index contributed by atoms with van der Waals surface area (Å²) in [7, 11) is 1.38. The van der Waals surface area contributed by atoms with E-state index in [1.807, 2.05) is 0 Å². The summed E-state index contributed by atoms with van der Waals surface area (Å²) in [5.74, 6) is -1.20. The van der Waals surface area contributed by atoms with Gasteiger partial charge in [0, 0.05) is 57.1 Å². The number of imidazole rings is 1. The second-order valence-electron chi connectivity index (χ2n) is 10.5. The molecule has 1 saturated carbocycles. The summed E-state index contributed by atoms with van der Waals surface area (Å²) in [6.45, 7) is 1.14. The van der Waals surface area contributed by atoms with Gasteiger partial charge in [0.15, 0.2) is 11.5 Å². The second-order valence-corrected chi connectivity index (χ2v) is 10.9. The van der Waals surface area contributed by atoms with Gasteiger partial charge in [-0.05, 0) is 31.0 Å². The van der Waals surface area contributed by atoms with Crippen molar-refractivity contribution in [1.29, 1.82) is 5.26 Å². The molecular weight excluding hydrogens is 591 g/mol. The number of anilines is 1. The van der Waals surface area contributed by atoms with E-state index < -0.39 is 17.8 Å². The lowest BCUT2D eigenvalue weighted by Crippen LogP contribution is -2.54. The van der Waals surface area contributed by atoms with Crippen molar-refractivity contribution in [3.8, 4) is 17.3 Å². The van der Waals surface area contributed by atoms with Gasteiger partial charge in [0.05, 0.1) is 34.1 Å². The smallest absolute Gasteiger partial charge is 0.339 e. The van der Waals surface area contributed by atoms with Gasteiger partial charge in [0.2, 0.25) is 5.91 Å². The van der Waals surface area contributed by atoms with Crippen molar-refractivity contribution in [1.82, 2.24) is 29.1 Å². The second kappa shape index (κ2) is 11.7. The zero-order valence-electron chi connectivity index (χ0n) is 22.9. The van der Waals surface area contributed by atoms with Gasteiger partial charge in [-0.1, -0.05) is 11.6 Å². The van der Waals surface area contributed by atoms with Gasteiger partial charge in [-0.15, -0.1) is 0 Å². The maximum atomic E-state index is 13.6. The van der Waals surface area contributed by atoms with Crippen LogP contribution in [0.25, 0.3) is 11.3 Å². The number of piperazine rings is 1. The van der Waals surface area contributed by atoms with Crippen LogP contribution in [0.5, 0.6) is 0 Å². The van der Waals surface area contributed by atoms with Crippen molar-refractivity contribution in [3.05, 3.63) is 52.7 Å². The van der Waals surface area contributed by atoms with Gasteiger partial charge in [0.25, 0.3) is 11.8 Å². The number of carbonyl (C=O) groups excluding carboxylic acids is 3. The number of hydrogen-bond acceptors (Lipinski definition) is 7.